The highest BCUT2D eigenvalue weighted by Gasteiger charge is 2.24. The summed E-state index contributed by atoms with van der Waals surface area (Å²) in [5.41, 5.74) is 2.09. The van der Waals surface area contributed by atoms with Crippen LogP contribution < -0.4 is 15.6 Å². The SMILES string of the molecule is CCOC(=O)c1nn(-c2ccc(C)c(C)c2)c(=O)c2c(NC(=O)C(C)Oc3ccccc3)scc12. The van der Waals surface area contributed by atoms with E-state index in [1.807, 2.05) is 44.2 Å². The highest BCUT2D eigenvalue weighted by molar-refractivity contribution is 7.16. The van der Waals surface area contributed by atoms with Crippen LogP contribution in [0.4, 0.5) is 5.00 Å². The number of carbonyl (C=O) groups excluding carboxylic acids is 2. The Morgan fingerprint density at radius 1 is 1.11 bits per heavy atom. The molecule has 0 fully saturated rings. The van der Waals surface area contributed by atoms with E-state index < -0.39 is 23.5 Å². The highest BCUT2D eigenvalue weighted by atomic mass is 32.1. The third-order valence-corrected chi connectivity index (χ3v) is 6.41. The lowest BCUT2D eigenvalue weighted by molar-refractivity contribution is -0.122. The molecule has 4 aromatic rings. The van der Waals surface area contributed by atoms with Gasteiger partial charge in [0, 0.05) is 10.8 Å². The first kappa shape index (κ1) is 24.2. The van der Waals surface area contributed by atoms with Gasteiger partial charge in [0.2, 0.25) is 0 Å². The summed E-state index contributed by atoms with van der Waals surface area (Å²) in [5.74, 6) is -0.521. The number of benzene rings is 2. The summed E-state index contributed by atoms with van der Waals surface area (Å²) in [7, 11) is 0. The third kappa shape index (κ3) is 4.95. The second kappa shape index (κ2) is 10.1. The summed E-state index contributed by atoms with van der Waals surface area (Å²) >= 11 is 1.14. The number of hydrogen-bond acceptors (Lipinski definition) is 7. The number of nitrogens with one attached hydrogen (secondary N) is 1. The minimum atomic E-state index is -0.817. The molecule has 0 saturated carbocycles. The molecular formula is C26H25N3O5S. The molecule has 2 heterocycles. The number of para-hydroxylation sites is 1. The van der Waals surface area contributed by atoms with Crippen molar-refractivity contribution in [2.24, 2.45) is 0 Å². The molecule has 0 aliphatic carbocycles. The van der Waals surface area contributed by atoms with Gasteiger partial charge in [-0.25, -0.2) is 4.79 Å². The van der Waals surface area contributed by atoms with Gasteiger partial charge < -0.3 is 14.8 Å². The average Bonchev–Trinajstić information content (AvgIpc) is 3.26. The molecular weight excluding hydrogens is 466 g/mol. The fourth-order valence-corrected chi connectivity index (χ4v) is 4.43. The third-order valence-electron chi connectivity index (χ3n) is 5.52. The van der Waals surface area contributed by atoms with Crippen LogP contribution in [0.15, 0.2) is 58.7 Å². The number of aryl methyl sites for hydroxylation is 2. The summed E-state index contributed by atoms with van der Waals surface area (Å²) in [5, 5.41) is 9.57. The molecule has 0 radical (unpaired) electrons. The first-order valence-corrected chi connectivity index (χ1v) is 12.0. The largest absolute Gasteiger partial charge is 0.481 e. The Morgan fingerprint density at radius 2 is 1.86 bits per heavy atom. The van der Waals surface area contributed by atoms with Gasteiger partial charge in [-0.15, -0.1) is 11.3 Å². The van der Waals surface area contributed by atoms with Crippen LogP contribution in [0.5, 0.6) is 5.75 Å². The fourth-order valence-electron chi connectivity index (χ4n) is 3.49. The van der Waals surface area contributed by atoms with Crippen LogP contribution in [-0.4, -0.2) is 34.4 Å². The molecule has 0 spiro atoms. The number of esters is 1. The molecule has 0 aliphatic heterocycles. The van der Waals surface area contributed by atoms with Crippen molar-refractivity contribution in [1.82, 2.24) is 9.78 Å². The Labute approximate surface area is 206 Å². The number of fused-ring (bicyclic) bond motifs is 1. The van der Waals surface area contributed by atoms with E-state index in [0.29, 0.717) is 21.8 Å². The molecule has 2 aromatic heterocycles. The Hall–Kier alpha value is -3.98. The van der Waals surface area contributed by atoms with E-state index in [1.165, 1.54) is 4.68 Å². The van der Waals surface area contributed by atoms with Crippen LogP contribution in [0.25, 0.3) is 16.5 Å². The molecule has 1 unspecified atom stereocenters. The maximum Gasteiger partial charge on any atom is 0.359 e. The van der Waals surface area contributed by atoms with E-state index in [4.69, 9.17) is 9.47 Å². The van der Waals surface area contributed by atoms with Gasteiger partial charge in [0.25, 0.3) is 11.5 Å². The molecule has 1 N–H and O–H groups in total. The average molecular weight is 492 g/mol. The van der Waals surface area contributed by atoms with Crippen molar-refractivity contribution in [2.75, 3.05) is 11.9 Å². The molecule has 0 saturated heterocycles. The van der Waals surface area contributed by atoms with Gasteiger partial charge in [0.05, 0.1) is 17.7 Å². The van der Waals surface area contributed by atoms with Gasteiger partial charge in [-0.1, -0.05) is 24.3 Å². The zero-order chi connectivity index (χ0) is 25.1. The van der Waals surface area contributed by atoms with E-state index in [9.17, 15) is 14.4 Å². The lowest BCUT2D eigenvalue weighted by Crippen LogP contribution is -2.31. The van der Waals surface area contributed by atoms with Crippen molar-refractivity contribution >= 4 is 39.0 Å². The quantitative estimate of drug-likeness (QED) is 0.378. The number of thiophene rings is 1. The van der Waals surface area contributed by atoms with Crippen molar-refractivity contribution in [3.63, 3.8) is 0 Å². The second-order valence-electron chi connectivity index (χ2n) is 7.97. The number of aromatic nitrogens is 2. The fraction of sp³-hybridized carbons (Fsp3) is 0.231. The molecule has 0 aliphatic rings. The van der Waals surface area contributed by atoms with Crippen molar-refractivity contribution in [2.45, 2.75) is 33.8 Å². The lowest BCUT2D eigenvalue weighted by Gasteiger charge is -2.14. The normalized spacial score (nSPS) is 11.8. The zero-order valence-electron chi connectivity index (χ0n) is 19.8. The first-order chi connectivity index (χ1) is 16.8. The number of anilines is 1. The van der Waals surface area contributed by atoms with Crippen molar-refractivity contribution in [3.8, 4) is 11.4 Å². The number of nitrogens with zero attached hydrogens (tertiary/aromatic N) is 2. The predicted molar refractivity (Wildman–Crippen MR) is 136 cm³/mol. The molecule has 1 atom stereocenters. The summed E-state index contributed by atoms with van der Waals surface area (Å²) in [6.07, 6.45) is -0.817. The monoisotopic (exact) mass is 491 g/mol. The van der Waals surface area contributed by atoms with Crippen LogP contribution in [0.1, 0.15) is 35.5 Å². The van der Waals surface area contributed by atoms with E-state index in [-0.39, 0.29) is 17.7 Å². The molecule has 2 aromatic carbocycles. The van der Waals surface area contributed by atoms with Crippen LogP contribution in [0.3, 0.4) is 0 Å². The van der Waals surface area contributed by atoms with Gasteiger partial charge in [0.15, 0.2) is 11.8 Å². The summed E-state index contributed by atoms with van der Waals surface area (Å²) in [6.45, 7) is 7.37. The Bertz CT molecular complexity index is 1460. The standard InChI is InChI=1S/C26H25N3O5S/c1-5-33-26(32)22-20-14-35-24(27-23(30)17(4)34-19-9-7-6-8-10-19)21(20)25(31)29(28-22)18-12-11-15(2)16(3)13-18/h6-14,17H,5H2,1-4H3,(H,27,30). The molecule has 1 amide bonds. The number of ether oxygens (including phenoxy) is 2. The molecule has 35 heavy (non-hydrogen) atoms. The second-order valence-corrected chi connectivity index (χ2v) is 8.85. The van der Waals surface area contributed by atoms with Crippen molar-refractivity contribution < 1.29 is 19.1 Å². The Balaban J connectivity index is 1.78. The highest BCUT2D eigenvalue weighted by Crippen LogP contribution is 2.31. The van der Waals surface area contributed by atoms with Crippen molar-refractivity contribution in [3.05, 3.63) is 81.1 Å². The van der Waals surface area contributed by atoms with E-state index in [1.54, 1.807) is 37.4 Å². The Kier molecular flexibility index (Phi) is 6.97. The smallest absolute Gasteiger partial charge is 0.359 e. The topological polar surface area (TPSA) is 99.5 Å². The maximum atomic E-state index is 13.6. The molecule has 180 valence electrons. The minimum Gasteiger partial charge on any atom is -0.481 e. The number of rotatable bonds is 7. The Morgan fingerprint density at radius 3 is 2.54 bits per heavy atom. The van der Waals surface area contributed by atoms with Gasteiger partial charge in [0.1, 0.15) is 10.8 Å². The molecule has 0 bridgehead atoms. The van der Waals surface area contributed by atoms with E-state index >= 15 is 0 Å². The van der Waals surface area contributed by atoms with Crippen LogP contribution in [-0.2, 0) is 9.53 Å². The number of carbonyl (C=O) groups is 2. The van der Waals surface area contributed by atoms with Gasteiger partial charge in [-0.05, 0) is 63.1 Å². The minimum absolute atomic E-state index is 0.00464. The number of hydrogen-bond donors (Lipinski definition) is 1. The summed E-state index contributed by atoms with van der Waals surface area (Å²) < 4.78 is 12.1. The van der Waals surface area contributed by atoms with Crippen molar-refractivity contribution in [1.29, 1.82) is 0 Å². The van der Waals surface area contributed by atoms with E-state index in [2.05, 4.69) is 10.4 Å². The maximum absolute atomic E-state index is 13.6. The molecule has 9 heteroatoms. The zero-order valence-corrected chi connectivity index (χ0v) is 20.6. The van der Waals surface area contributed by atoms with E-state index in [0.717, 1.165) is 22.5 Å². The van der Waals surface area contributed by atoms with Crippen LogP contribution in [0.2, 0.25) is 0 Å². The molecule has 4 rings (SSSR count). The number of amides is 1. The predicted octanol–water partition coefficient (Wildman–Crippen LogP) is 4.65. The van der Waals surface area contributed by atoms with Crippen LogP contribution >= 0.6 is 11.3 Å². The first-order valence-electron chi connectivity index (χ1n) is 11.1. The lowest BCUT2D eigenvalue weighted by atomic mass is 10.1. The van der Waals surface area contributed by atoms with Gasteiger partial charge >= 0.3 is 5.97 Å². The molecule has 8 nitrogen and oxygen atoms in total. The van der Waals surface area contributed by atoms with Crippen LogP contribution in [0, 0.1) is 13.8 Å². The van der Waals surface area contributed by atoms with Gasteiger partial charge in [-0.2, -0.15) is 9.78 Å². The summed E-state index contributed by atoms with van der Waals surface area (Å²) in [4.78, 5) is 39.2. The summed E-state index contributed by atoms with van der Waals surface area (Å²) in [6, 6.07) is 14.4. The van der Waals surface area contributed by atoms with Gasteiger partial charge in [-0.3, -0.25) is 9.59 Å².